The number of rotatable bonds is 1. The van der Waals surface area contributed by atoms with Gasteiger partial charge in [0.25, 0.3) is 0 Å². The Bertz CT molecular complexity index is 778. The van der Waals surface area contributed by atoms with Crippen molar-refractivity contribution < 1.29 is 8.42 Å². The van der Waals surface area contributed by atoms with E-state index in [1.807, 2.05) is 13.0 Å². The normalized spacial score (nSPS) is 14.1. The molecule has 0 aliphatic carbocycles. The lowest BCUT2D eigenvalue weighted by molar-refractivity contribution is 0.601. The van der Waals surface area contributed by atoms with Gasteiger partial charge in [0.05, 0.1) is 16.3 Å². The first-order valence-electron chi connectivity index (χ1n) is 5.95. The topological polar surface area (TPSA) is 52.0 Å². The van der Waals surface area contributed by atoms with E-state index in [0.29, 0.717) is 4.90 Å². The van der Waals surface area contributed by atoms with Gasteiger partial charge in [-0.1, -0.05) is 0 Å². The third kappa shape index (κ3) is 2.03. The van der Waals surface area contributed by atoms with Gasteiger partial charge in [-0.3, -0.25) is 4.57 Å². The van der Waals surface area contributed by atoms with Gasteiger partial charge in [-0.2, -0.15) is 0 Å². The van der Waals surface area contributed by atoms with Crippen molar-refractivity contribution in [3.63, 3.8) is 0 Å². The molecule has 6 heteroatoms. The van der Waals surface area contributed by atoms with Gasteiger partial charge in [-0.05, 0) is 53.0 Å². The average Bonchev–Trinajstić information content (AvgIpc) is 2.64. The van der Waals surface area contributed by atoms with E-state index in [1.54, 1.807) is 12.1 Å². The second kappa shape index (κ2) is 4.18. The molecule has 1 aromatic heterocycles. The molecule has 0 atom stereocenters. The lowest BCUT2D eigenvalue weighted by Crippen LogP contribution is -2.13. The highest BCUT2D eigenvalue weighted by molar-refractivity contribution is 9.10. The van der Waals surface area contributed by atoms with E-state index >= 15 is 0 Å². The molecule has 0 fully saturated rings. The van der Waals surface area contributed by atoms with Crippen LogP contribution in [-0.4, -0.2) is 24.2 Å². The van der Waals surface area contributed by atoms with E-state index in [1.165, 1.54) is 6.26 Å². The zero-order chi connectivity index (χ0) is 13.8. The number of fused-ring (bicyclic) bond motifs is 3. The minimum absolute atomic E-state index is 0.377. The van der Waals surface area contributed by atoms with Gasteiger partial charge in [0, 0.05) is 12.7 Å². The van der Waals surface area contributed by atoms with Gasteiger partial charge in [0.1, 0.15) is 10.4 Å². The molecule has 2 aromatic rings. The SMILES string of the molecule is Cc1nc2n(c1Br)-c1ccc(S(C)(=O)=O)cc1CC2. The van der Waals surface area contributed by atoms with Crippen LogP contribution in [0.1, 0.15) is 17.1 Å². The van der Waals surface area contributed by atoms with Crippen molar-refractivity contribution in [2.45, 2.75) is 24.7 Å². The second-order valence-corrected chi connectivity index (χ2v) is 7.57. The molecule has 1 aliphatic heterocycles. The van der Waals surface area contributed by atoms with Crippen LogP contribution in [-0.2, 0) is 22.7 Å². The summed E-state index contributed by atoms with van der Waals surface area (Å²) in [4.78, 5) is 4.90. The molecule has 0 saturated heterocycles. The first-order valence-corrected chi connectivity index (χ1v) is 8.63. The first kappa shape index (κ1) is 12.9. The Kier molecular flexibility index (Phi) is 2.83. The summed E-state index contributed by atoms with van der Waals surface area (Å²) in [7, 11) is -3.16. The summed E-state index contributed by atoms with van der Waals surface area (Å²) in [5, 5.41) is 0. The van der Waals surface area contributed by atoms with Crippen LogP contribution >= 0.6 is 15.9 Å². The molecule has 100 valence electrons. The fourth-order valence-electron chi connectivity index (χ4n) is 2.43. The maximum Gasteiger partial charge on any atom is 0.175 e. The molecular formula is C13H13BrN2O2S. The van der Waals surface area contributed by atoms with Crippen LogP contribution in [0.3, 0.4) is 0 Å². The molecule has 2 heterocycles. The maximum absolute atomic E-state index is 11.6. The number of hydrogen-bond acceptors (Lipinski definition) is 3. The van der Waals surface area contributed by atoms with E-state index < -0.39 is 9.84 Å². The summed E-state index contributed by atoms with van der Waals surface area (Å²) < 4.78 is 26.2. The fraction of sp³-hybridized carbons (Fsp3) is 0.308. The summed E-state index contributed by atoms with van der Waals surface area (Å²) in [6.45, 7) is 1.96. The van der Waals surface area contributed by atoms with Crippen molar-refractivity contribution in [2.24, 2.45) is 0 Å². The molecule has 0 radical (unpaired) electrons. The lowest BCUT2D eigenvalue weighted by Gasteiger charge is -2.19. The van der Waals surface area contributed by atoms with Gasteiger partial charge in [-0.15, -0.1) is 0 Å². The molecule has 0 saturated carbocycles. The van der Waals surface area contributed by atoms with Crippen LogP contribution in [0.4, 0.5) is 0 Å². The van der Waals surface area contributed by atoms with Crippen molar-refractivity contribution in [2.75, 3.05) is 6.26 Å². The zero-order valence-corrected chi connectivity index (χ0v) is 13.0. The van der Waals surface area contributed by atoms with Crippen molar-refractivity contribution >= 4 is 25.8 Å². The van der Waals surface area contributed by atoms with Crippen molar-refractivity contribution in [3.05, 3.63) is 39.9 Å². The molecule has 0 spiro atoms. The molecule has 0 unspecified atom stereocenters. The van der Waals surface area contributed by atoms with E-state index in [4.69, 9.17) is 0 Å². The van der Waals surface area contributed by atoms with Crippen molar-refractivity contribution in [3.8, 4) is 5.69 Å². The van der Waals surface area contributed by atoms with Crippen molar-refractivity contribution in [1.29, 1.82) is 0 Å². The standard InChI is InChI=1S/C13H13BrN2O2S/c1-8-13(14)16-11-5-4-10(19(2,17)18)7-9(11)3-6-12(16)15-8/h4-5,7H,3,6H2,1-2H3. The number of aryl methyl sites for hydroxylation is 3. The lowest BCUT2D eigenvalue weighted by atomic mass is 10.0. The number of nitrogens with zero attached hydrogens (tertiary/aromatic N) is 2. The summed E-state index contributed by atoms with van der Waals surface area (Å²) in [6.07, 6.45) is 2.88. The Labute approximate surface area is 120 Å². The summed E-state index contributed by atoms with van der Waals surface area (Å²) in [5.41, 5.74) is 3.02. The monoisotopic (exact) mass is 340 g/mol. The highest BCUT2D eigenvalue weighted by atomic mass is 79.9. The first-order chi connectivity index (χ1) is 8.88. The Hall–Kier alpha value is -1.14. The number of imidazole rings is 1. The van der Waals surface area contributed by atoms with Crippen LogP contribution in [0, 0.1) is 6.92 Å². The molecule has 1 aliphatic rings. The smallest absolute Gasteiger partial charge is 0.175 e. The third-order valence-corrected chi connectivity index (χ3v) is 5.43. The summed E-state index contributed by atoms with van der Waals surface area (Å²) in [5.74, 6) is 1.02. The van der Waals surface area contributed by atoms with Gasteiger partial charge in [-0.25, -0.2) is 13.4 Å². The van der Waals surface area contributed by atoms with Crippen LogP contribution < -0.4 is 0 Å². The Morgan fingerprint density at radius 3 is 2.74 bits per heavy atom. The second-order valence-electron chi connectivity index (χ2n) is 4.80. The Morgan fingerprint density at radius 1 is 1.32 bits per heavy atom. The fourth-order valence-corrected chi connectivity index (χ4v) is 3.59. The number of benzene rings is 1. The van der Waals surface area contributed by atoms with Crippen LogP contribution in [0.2, 0.25) is 0 Å². The summed E-state index contributed by atoms with van der Waals surface area (Å²) in [6, 6.07) is 5.29. The maximum atomic E-state index is 11.6. The predicted octanol–water partition coefficient (Wildman–Crippen LogP) is 2.45. The minimum Gasteiger partial charge on any atom is -0.290 e. The minimum atomic E-state index is -3.16. The molecule has 0 N–H and O–H groups in total. The third-order valence-electron chi connectivity index (χ3n) is 3.39. The number of aromatic nitrogens is 2. The van der Waals surface area contributed by atoms with Gasteiger partial charge in [0.15, 0.2) is 9.84 Å². The van der Waals surface area contributed by atoms with E-state index in [-0.39, 0.29) is 0 Å². The van der Waals surface area contributed by atoms with Crippen LogP contribution in [0.25, 0.3) is 5.69 Å². The highest BCUT2D eigenvalue weighted by Gasteiger charge is 2.22. The van der Waals surface area contributed by atoms with E-state index in [9.17, 15) is 8.42 Å². The molecule has 19 heavy (non-hydrogen) atoms. The molecule has 3 rings (SSSR count). The molecule has 4 nitrogen and oxygen atoms in total. The average molecular weight is 341 g/mol. The number of halogens is 1. The quantitative estimate of drug-likeness (QED) is 0.801. The Balaban J connectivity index is 2.24. The molecular weight excluding hydrogens is 328 g/mol. The molecule has 1 aromatic carbocycles. The molecule has 0 amide bonds. The largest absolute Gasteiger partial charge is 0.290 e. The zero-order valence-electron chi connectivity index (χ0n) is 10.6. The van der Waals surface area contributed by atoms with E-state index in [2.05, 4.69) is 25.5 Å². The number of hydrogen-bond donors (Lipinski definition) is 0. The van der Waals surface area contributed by atoms with E-state index in [0.717, 1.165) is 40.2 Å². The summed E-state index contributed by atoms with van der Waals surface area (Å²) >= 11 is 3.55. The molecule has 0 bridgehead atoms. The van der Waals surface area contributed by atoms with Crippen LogP contribution in [0.5, 0.6) is 0 Å². The number of sulfone groups is 1. The van der Waals surface area contributed by atoms with Crippen molar-refractivity contribution in [1.82, 2.24) is 9.55 Å². The highest BCUT2D eigenvalue weighted by Crippen LogP contribution is 2.31. The predicted molar refractivity (Wildman–Crippen MR) is 76.5 cm³/mol. The van der Waals surface area contributed by atoms with Gasteiger partial charge in [0.2, 0.25) is 0 Å². The van der Waals surface area contributed by atoms with Gasteiger partial charge < -0.3 is 0 Å². The Morgan fingerprint density at radius 2 is 2.05 bits per heavy atom. The van der Waals surface area contributed by atoms with Crippen LogP contribution in [0.15, 0.2) is 27.7 Å². The van der Waals surface area contributed by atoms with Gasteiger partial charge >= 0.3 is 0 Å².